The standard InChI is InChI=1S/C21H23F2N5O5S/c1-3-21(20(25)29)10-13(21)17(18(22)23)27-11-16(19(26-27)32-4-2)34(30,31)28-7-8-33-15-6-5-12(24)9-14(15)28/h1,5-6,9,11,13,17-18H,4,7-8,10,24H2,2H3,(H2,25,29). The van der Waals surface area contributed by atoms with E-state index in [4.69, 9.17) is 27.4 Å². The first-order valence-corrected chi connectivity index (χ1v) is 11.8. The minimum absolute atomic E-state index is 0.0323. The molecule has 1 aromatic carbocycles. The van der Waals surface area contributed by atoms with Gasteiger partial charge in [0.05, 0.1) is 25.0 Å². The average Bonchev–Trinajstić information content (AvgIpc) is 3.37. The van der Waals surface area contributed by atoms with Gasteiger partial charge in [0, 0.05) is 11.6 Å². The van der Waals surface area contributed by atoms with Crippen LogP contribution in [0.25, 0.3) is 0 Å². The van der Waals surface area contributed by atoms with Crippen molar-refractivity contribution in [3.63, 3.8) is 0 Å². The highest BCUT2D eigenvalue weighted by atomic mass is 32.2. The van der Waals surface area contributed by atoms with E-state index in [1.807, 2.05) is 0 Å². The van der Waals surface area contributed by atoms with Crippen molar-refractivity contribution in [1.29, 1.82) is 0 Å². The Hall–Kier alpha value is -3.53. The molecule has 0 spiro atoms. The number of rotatable bonds is 8. The number of aromatic nitrogens is 2. The van der Waals surface area contributed by atoms with Gasteiger partial charge in [-0.05, 0) is 31.5 Å². The van der Waals surface area contributed by atoms with Crippen molar-refractivity contribution < 1.29 is 31.5 Å². The van der Waals surface area contributed by atoms with Crippen LogP contribution in [0.3, 0.4) is 0 Å². The maximum Gasteiger partial charge on any atom is 0.271 e. The van der Waals surface area contributed by atoms with E-state index in [9.17, 15) is 22.0 Å². The fourth-order valence-electron chi connectivity index (χ4n) is 4.20. The Morgan fingerprint density at radius 2 is 2.21 bits per heavy atom. The highest BCUT2D eigenvalue weighted by Crippen LogP contribution is 2.59. The normalized spacial score (nSPS) is 22.4. The molecule has 1 saturated carbocycles. The number of anilines is 2. The zero-order chi connectivity index (χ0) is 24.8. The van der Waals surface area contributed by atoms with Gasteiger partial charge in [0.15, 0.2) is 4.90 Å². The predicted molar refractivity (Wildman–Crippen MR) is 118 cm³/mol. The number of nitrogens with zero attached hydrogens (tertiary/aromatic N) is 3. The zero-order valence-electron chi connectivity index (χ0n) is 18.1. The van der Waals surface area contributed by atoms with Gasteiger partial charge in [0.25, 0.3) is 22.3 Å². The van der Waals surface area contributed by atoms with Crippen LogP contribution in [-0.4, -0.2) is 50.3 Å². The number of alkyl halides is 2. The summed E-state index contributed by atoms with van der Waals surface area (Å²) in [6, 6.07) is 2.87. The summed E-state index contributed by atoms with van der Waals surface area (Å²) in [4.78, 5) is 11.4. The second-order valence-corrected chi connectivity index (χ2v) is 9.81. The molecular weight excluding hydrogens is 472 g/mol. The molecule has 1 aromatic heterocycles. The number of primary amides is 1. The van der Waals surface area contributed by atoms with Gasteiger partial charge in [-0.2, -0.15) is 0 Å². The molecule has 1 aliphatic carbocycles. The van der Waals surface area contributed by atoms with E-state index in [1.165, 1.54) is 6.07 Å². The van der Waals surface area contributed by atoms with E-state index < -0.39 is 44.6 Å². The van der Waals surface area contributed by atoms with Crippen LogP contribution in [0, 0.1) is 23.7 Å². The van der Waals surface area contributed by atoms with Gasteiger partial charge in [0.1, 0.15) is 23.8 Å². The molecule has 1 aliphatic heterocycles. The van der Waals surface area contributed by atoms with E-state index in [-0.39, 0.29) is 37.7 Å². The Bertz CT molecular complexity index is 1270. The lowest BCUT2D eigenvalue weighted by molar-refractivity contribution is -0.122. The number of benzene rings is 1. The van der Waals surface area contributed by atoms with Gasteiger partial charge < -0.3 is 20.9 Å². The molecule has 2 heterocycles. The first kappa shape index (κ1) is 23.6. The lowest BCUT2D eigenvalue weighted by Crippen LogP contribution is -2.38. The maximum atomic E-state index is 14.1. The average molecular weight is 496 g/mol. The molecule has 1 fully saturated rings. The van der Waals surface area contributed by atoms with E-state index >= 15 is 0 Å². The largest absolute Gasteiger partial charge is 0.489 e. The minimum atomic E-state index is -4.33. The van der Waals surface area contributed by atoms with Crippen LogP contribution in [0.5, 0.6) is 11.6 Å². The molecule has 1 amide bonds. The predicted octanol–water partition coefficient (Wildman–Crippen LogP) is 1.38. The number of carbonyl (C=O) groups is 1. The number of carbonyl (C=O) groups excluding carboxylic acids is 1. The Morgan fingerprint density at radius 3 is 2.79 bits per heavy atom. The second-order valence-electron chi connectivity index (χ2n) is 7.98. The summed E-state index contributed by atoms with van der Waals surface area (Å²) in [7, 11) is -4.33. The van der Waals surface area contributed by atoms with Crippen LogP contribution in [-0.2, 0) is 14.8 Å². The van der Waals surface area contributed by atoms with Crippen LogP contribution in [0.15, 0.2) is 29.3 Å². The minimum Gasteiger partial charge on any atom is -0.489 e. The van der Waals surface area contributed by atoms with Crippen molar-refractivity contribution in [1.82, 2.24) is 9.78 Å². The van der Waals surface area contributed by atoms with Crippen molar-refractivity contribution >= 4 is 27.3 Å². The number of terminal acetylenes is 1. The second kappa shape index (κ2) is 8.35. The number of nitrogen functional groups attached to an aromatic ring is 1. The number of hydrogen-bond donors (Lipinski definition) is 2. The summed E-state index contributed by atoms with van der Waals surface area (Å²) < 4.78 is 68.3. The lowest BCUT2D eigenvalue weighted by atomic mass is 10.00. The molecule has 0 radical (unpaired) electrons. The number of fused-ring (bicyclic) bond motifs is 1. The lowest BCUT2D eigenvalue weighted by Gasteiger charge is -2.30. The van der Waals surface area contributed by atoms with Gasteiger partial charge in [0.2, 0.25) is 5.91 Å². The zero-order valence-corrected chi connectivity index (χ0v) is 19.0. The third-order valence-corrected chi connectivity index (χ3v) is 7.80. The van der Waals surface area contributed by atoms with Gasteiger partial charge in [-0.15, -0.1) is 11.5 Å². The Labute approximate surface area is 194 Å². The quantitative estimate of drug-likeness (QED) is 0.416. The highest BCUT2D eigenvalue weighted by Gasteiger charge is 2.64. The molecule has 13 heteroatoms. The summed E-state index contributed by atoms with van der Waals surface area (Å²) in [5.41, 5.74) is 10.2. The van der Waals surface area contributed by atoms with Crippen LogP contribution < -0.4 is 25.2 Å². The Balaban J connectivity index is 1.79. The van der Waals surface area contributed by atoms with Crippen molar-refractivity contribution in [3.05, 3.63) is 24.4 Å². The van der Waals surface area contributed by atoms with Crippen LogP contribution >= 0.6 is 0 Å². The topological polar surface area (TPSA) is 143 Å². The molecule has 0 bridgehead atoms. The first-order valence-electron chi connectivity index (χ1n) is 10.4. The van der Waals surface area contributed by atoms with Crippen molar-refractivity contribution in [2.45, 2.75) is 30.7 Å². The molecule has 0 saturated heterocycles. The van der Waals surface area contributed by atoms with Crippen LogP contribution in [0.1, 0.15) is 19.4 Å². The van der Waals surface area contributed by atoms with Crippen molar-refractivity contribution in [3.8, 4) is 24.0 Å². The summed E-state index contributed by atoms with van der Waals surface area (Å²) in [5, 5.41) is 4.01. The Kier molecular flexibility index (Phi) is 5.80. The van der Waals surface area contributed by atoms with Gasteiger partial charge in [-0.1, -0.05) is 5.92 Å². The molecule has 10 nitrogen and oxygen atoms in total. The van der Waals surface area contributed by atoms with E-state index in [0.29, 0.717) is 11.4 Å². The molecule has 2 aromatic rings. The molecule has 2 aliphatic rings. The van der Waals surface area contributed by atoms with E-state index in [2.05, 4.69) is 11.0 Å². The molecule has 4 rings (SSSR count). The van der Waals surface area contributed by atoms with Crippen molar-refractivity contribution in [2.75, 3.05) is 29.8 Å². The number of ether oxygens (including phenoxy) is 2. The van der Waals surface area contributed by atoms with E-state index in [0.717, 1.165) is 15.2 Å². The first-order chi connectivity index (χ1) is 16.1. The molecule has 3 unspecified atom stereocenters. The molecule has 3 atom stereocenters. The SMILES string of the molecule is C#CC1(C(N)=O)CC1C(C(F)F)n1cc(S(=O)(=O)N2CCOc3ccc(N)cc32)c(OCC)n1. The van der Waals surface area contributed by atoms with E-state index in [1.54, 1.807) is 19.1 Å². The molecule has 34 heavy (non-hydrogen) atoms. The van der Waals surface area contributed by atoms with Gasteiger partial charge in [-0.3, -0.25) is 13.8 Å². The summed E-state index contributed by atoms with van der Waals surface area (Å²) >= 11 is 0. The third-order valence-electron chi connectivity index (χ3n) is 6.01. The highest BCUT2D eigenvalue weighted by molar-refractivity contribution is 7.93. The molecule has 182 valence electrons. The monoisotopic (exact) mass is 495 g/mol. The van der Waals surface area contributed by atoms with Crippen LogP contribution in [0.4, 0.5) is 20.2 Å². The third kappa shape index (κ3) is 3.67. The number of halogens is 2. The number of nitrogens with two attached hydrogens (primary N) is 2. The smallest absolute Gasteiger partial charge is 0.271 e. The molecular formula is C21H23F2N5O5S. The van der Waals surface area contributed by atoms with Gasteiger partial charge >= 0.3 is 0 Å². The summed E-state index contributed by atoms with van der Waals surface area (Å²) in [5.74, 6) is 0.271. The summed E-state index contributed by atoms with van der Waals surface area (Å²) in [6.07, 6.45) is 3.31. The maximum absolute atomic E-state index is 14.1. The molecule has 4 N–H and O–H groups in total. The van der Waals surface area contributed by atoms with Crippen LogP contribution in [0.2, 0.25) is 0 Å². The fourth-order valence-corrected chi connectivity index (χ4v) is 5.72. The Morgan fingerprint density at radius 1 is 1.47 bits per heavy atom. The number of sulfonamides is 1. The number of amides is 1. The number of hydrogen-bond acceptors (Lipinski definition) is 7. The van der Waals surface area contributed by atoms with Crippen molar-refractivity contribution in [2.24, 2.45) is 17.1 Å². The summed E-state index contributed by atoms with van der Waals surface area (Å²) in [6.45, 7) is 1.66. The van der Waals surface area contributed by atoms with Gasteiger partial charge in [-0.25, -0.2) is 17.2 Å². The fraction of sp³-hybridized carbons (Fsp3) is 0.429.